The van der Waals surface area contributed by atoms with Crippen LogP contribution in [0.2, 0.25) is 0 Å². The van der Waals surface area contributed by atoms with Crippen molar-refractivity contribution in [3.05, 3.63) is 94.7 Å². The molecule has 0 atom stereocenters. The van der Waals surface area contributed by atoms with E-state index in [1.54, 1.807) is 17.1 Å². The van der Waals surface area contributed by atoms with Gasteiger partial charge in [-0.2, -0.15) is 10.2 Å². The summed E-state index contributed by atoms with van der Waals surface area (Å²) in [6.45, 7) is 7.21. The molecule has 1 amide bonds. The number of rotatable bonds is 7. The van der Waals surface area contributed by atoms with Crippen LogP contribution < -0.4 is 5.32 Å². The van der Waals surface area contributed by atoms with Crippen molar-refractivity contribution in [2.75, 3.05) is 0 Å². The van der Waals surface area contributed by atoms with E-state index in [2.05, 4.69) is 45.6 Å². The van der Waals surface area contributed by atoms with Gasteiger partial charge >= 0.3 is 0 Å². The Kier molecular flexibility index (Phi) is 5.93. The van der Waals surface area contributed by atoms with Crippen molar-refractivity contribution in [3.8, 4) is 5.82 Å². The summed E-state index contributed by atoms with van der Waals surface area (Å²) in [6.07, 6.45) is 4.01. The highest BCUT2D eigenvalue weighted by molar-refractivity contribution is 5.95. The van der Waals surface area contributed by atoms with Crippen LogP contribution in [0.5, 0.6) is 0 Å². The molecular formula is C24H26N6O. The third-order valence-corrected chi connectivity index (χ3v) is 5.19. The maximum Gasteiger partial charge on any atom is 0.255 e. The fourth-order valence-corrected chi connectivity index (χ4v) is 3.70. The Morgan fingerprint density at radius 2 is 1.90 bits per heavy atom. The van der Waals surface area contributed by atoms with E-state index in [1.165, 1.54) is 0 Å². The van der Waals surface area contributed by atoms with Gasteiger partial charge in [-0.1, -0.05) is 37.3 Å². The van der Waals surface area contributed by atoms with Gasteiger partial charge in [0.25, 0.3) is 5.91 Å². The molecule has 4 aromatic rings. The summed E-state index contributed by atoms with van der Waals surface area (Å²) < 4.78 is 3.72. The number of pyridine rings is 1. The first-order valence-electron chi connectivity index (χ1n) is 10.4. The number of amides is 1. The van der Waals surface area contributed by atoms with Gasteiger partial charge in [0.15, 0.2) is 5.82 Å². The molecule has 158 valence electrons. The molecule has 7 heteroatoms. The highest BCUT2D eigenvalue weighted by atomic mass is 16.1. The predicted molar refractivity (Wildman–Crippen MR) is 119 cm³/mol. The van der Waals surface area contributed by atoms with Gasteiger partial charge in [0.2, 0.25) is 0 Å². The third-order valence-electron chi connectivity index (χ3n) is 5.19. The van der Waals surface area contributed by atoms with Crippen LogP contribution in [0.25, 0.3) is 5.82 Å². The Labute approximate surface area is 181 Å². The minimum atomic E-state index is -0.136. The molecule has 3 heterocycles. The summed E-state index contributed by atoms with van der Waals surface area (Å²) in [5.74, 6) is 0.568. The second kappa shape index (κ2) is 8.95. The van der Waals surface area contributed by atoms with Crippen molar-refractivity contribution in [3.63, 3.8) is 0 Å². The lowest BCUT2D eigenvalue weighted by molar-refractivity contribution is 0.0950. The second-order valence-corrected chi connectivity index (χ2v) is 7.55. The minimum absolute atomic E-state index is 0.136. The van der Waals surface area contributed by atoms with Crippen molar-refractivity contribution in [2.45, 2.75) is 40.3 Å². The van der Waals surface area contributed by atoms with Crippen molar-refractivity contribution in [1.82, 2.24) is 29.9 Å². The van der Waals surface area contributed by atoms with E-state index < -0.39 is 0 Å². The van der Waals surface area contributed by atoms with Gasteiger partial charge in [-0.3, -0.25) is 9.48 Å². The average molecular weight is 415 g/mol. The molecule has 31 heavy (non-hydrogen) atoms. The molecule has 0 fully saturated rings. The van der Waals surface area contributed by atoms with Gasteiger partial charge in [-0.05, 0) is 49.6 Å². The minimum Gasteiger partial charge on any atom is -0.348 e. The van der Waals surface area contributed by atoms with E-state index in [9.17, 15) is 4.79 Å². The van der Waals surface area contributed by atoms with Gasteiger partial charge < -0.3 is 5.32 Å². The first-order valence-corrected chi connectivity index (χ1v) is 10.4. The Hall–Kier alpha value is -3.74. The van der Waals surface area contributed by atoms with E-state index in [-0.39, 0.29) is 5.91 Å². The normalized spacial score (nSPS) is 10.9. The lowest BCUT2D eigenvalue weighted by atomic mass is 10.1. The molecule has 3 aromatic heterocycles. The highest BCUT2D eigenvalue weighted by Crippen LogP contribution is 2.15. The van der Waals surface area contributed by atoms with Crippen molar-refractivity contribution >= 4 is 5.91 Å². The van der Waals surface area contributed by atoms with Crippen LogP contribution in [0.4, 0.5) is 0 Å². The van der Waals surface area contributed by atoms with Crippen LogP contribution in [-0.4, -0.2) is 30.5 Å². The molecule has 0 aliphatic heterocycles. The molecule has 0 bridgehead atoms. The van der Waals surface area contributed by atoms with Crippen LogP contribution in [0, 0.1) is 13.8 Å². The van der Waals surface area contributed by atoms with Gasteiger partial charge in [-0.15, -0.1) is 0 Å². The lowest BCUT2D eigenvalue weighted by Gasteiger charge is -2.10. The van der Waals surface area contributed by atoms with Crippen LogP contribution >= 0.6 is 0 Å². The van der Waals surface area contributed by atoms with Crippen molar-refractivity contribution < 1.29 is 4.79 Å². The fourth-order valence-electron chi connectivity index (χ4n) is 3.70. The molecule has 4 rings (SSSR count). The van der Waals surface area contributed by atoms with E-state index in [0.29, 0.717) is 30.9 Å². The summed E-state index contributed by atoms with van der Waals surface area (Å²) in [5, 5.41) is 11.9. The van der Waals surface area contributed by atoms with Gasteiger partial charge in [0.05, 0.1) is 29.7 Å². The zero-order valence-corrected chi connectivity index (χ0v) is 18.0. The van der Waals surface area contributed by atoms with Crippen LogP contribution in [0.1, 0.15) is 45.5 Å². The molecule has 0 aliphatic rings. The largest absolute Gasteiger partial charge is 0.348 e. The summed E-state index contributed by atoms with van der Waals surface area (Å²) in [5.41, 5.74) is 5.76. The Morgan fingerprint density at radius 1 is 1.06 bits per heavy atom. The first-order chi connectivity index (χ1) is 15.0. The molecule has 7 nitrogen and oxygen atoms in total. The SMILES string of the molecule is CCc1c(C(=O)NCc2cccc(Cn3nc(C)cc3C)c2)cnn1-c1ccccn1. The predicted octanol–water partition coefficient (Wildman–Crippen LogP) is 3.62. The van der Waals surface area contributed by atoms with Gasteiger partial charge in [0, 0.05) is 18.4 Å². The topological polar surface area (TPSA) is 77.6 Å². The monoisotopic (exact) mass is 414 g/mol. The molecule has 0 unspecified atom stereocenters. The molecule has 1 aromatic carbocycles. The molecule has 0 aliphatic carbocycles. The molecule has 0 spiro atoms. The molecule has 0 saturated heterocycles. The Bertz CT molecular complexity index is 1190. The number of benzene rings is 1. The molecule has 0 saturated carbocycles. The highest BCUT2D eigenvalue weighted by Gasteiger charge is 2.17. The van der Waals surface area contributed by atoms with E-state index in [4.69, 9.17) is 0 Å². The zero-order chi connectivity index (χ0) is 21.8. The van der Waals surface area contributed by atoms with Crippen LogP contribution in [0.3, 0.4) is 0 Å². The summed E-state index contributed by atoms with van der Waals surface area (Å²) in [6, 6.07) is 15.9. The van der Waals surface area contributed by atoms with E-state index in [1.807, 2.05) is 48.9 Å². The van der Waals surface area contributed by atoms with Crippen LogP contribution in [-0.2, 0) is 19.5 Å². The summed E-state index contributed by atoms with van der Waals surface area (Å²) in [7, 11) is 0. The fraction of sp³-hybridized carbons (Fsp3) is 0.250. The van der Waals surface area contributed by atoms with Crippen molar-refractivity contribution in [2.24, 2.45) is 0 Å². The third kappa shape index (κ3) is 4.55. The smallest absolute Gasteiger partial charge is 0.255 e. The van der Waals surface area contributed by atoms with Crippen molar-refractivity contribution in [1.29, 1.82) is 0 Å². The maximum absolute atomic E-state index is 12.9. The van der Waals surface area contributed by atoms with Gasteiger partial charge in [0.1, 0.15) is 0 Å². The summed E-state index contributed by atoms with van der Waals surface area (Å²) >= 11 is 0. The average Bonchev–Trinajstić information content (AvgIpc) is 3.35. The number of hydrogen-bond acceptors (Lipinski definition) is 4. The number of carbonyl (C=O) groups is 1. The maximum atomic E-state index is 12.9. The zero-order valence-electron chi connectivity index (χ0n) is 18.0. The number of aromatic nitrogens is 5. The quantitative estimate of drug-likeness (QED) is 0.501. The number of carbonyl (C=O) groups excluding carboxylic acids is 1. The first kappa shape index (κ1) is 20.5. The number of aryl methyl sites for hydroxylation is 2. The number of nitrogens with zero attached hydrogens (tertiary/aromatic N) is 5. The van der Waals surface area contributed by atoms with E-state index >= 15 is 0 Å². The Morgan fingerprint density at radius 3 is 2.61 bits per heavy atom. The standard InChI is InChI=1S/C24H26N6O/c1-4-22-21(15-27-30(22)23-10-5-6-11-25-23)24(31)26-14-19-8-7-9-20(13-19)16-29-18(3)12-17(2)28-29/h5-13,15H,4,14,16H2,1-3H3,(H,26,31). The molecule has 0 radical (unpaired) electrons. The van der Waals surface area contributed by atoms with Crippen LogP contribution in [0.15, 0.2) is 60.9 Å². The summed E-state index contributed by atoms with van der Waals surface area (Å²) in [4.78, 5) is 17.2. The van der Waals surface area contributed by atoms with E-state index in [0.717, 1.165) is 28.2 Å². The lowest BCUT2D eigenvalue weighted by Crippen LogP contribution is -2.24. The number of nitrogens with one attached hydrogen (secondary N) is 1. The number of hydrogen-bond donors (Lipinski definition) is 1. The Balaban J connectivity index is 1.46. The molecule has 1 N–H and O–H groups in total. The molecular weight excluding hydrogens is 388 g/mol. The second-order valence-electron chi connectivity index (χ2n) is 7.55. The van der Waals surface area contributed by atoms with Gasteiger partial charge in [-0.25, -0.2) is 9.67 Å².